The highest BCUT2D eigenvalue weighted by Crippen LogP contribution is 2.23. The third-order valence-corrected chi connectivity index (χ3v) is 5.25. The zero-order valence-corrected chi connectivity index (χ0v) is 17.2. The summed E-state index contributed by atoms with van der Waals surface area (Å²) in [6.45, 7) is 5.79. The molecule has 1 N–H and O–H groups in total. The van der Waals surface area contributed by atoms with Crippen molar-refractivity contribution < 1.29 is 19.1 Å². The minimum atomic E-state index is -0.412. The molecule has 0 aliphatic carbocycles. The molecule has 2 aromatic carbocycles. The van der Waals surface area contributed by atoms with Crippen LogP contribution >= 0.6 is 11.8 Å². The van der Waals surface area contributed by atoms with Gasteiger partial charge < -0.3 is 10.1 Å². The van der Waals surface area contributed by atoms with Crippen LogP contribution in [0.25, 0.3) is 0 Å². The Morgan fingerprint density at radius 2 is 1.75 bits per heavy atom. The summed E-state index contributed by atoms with van der Waals surface area (Å²) in [5.74, 6) is -0.549. The first-order chi connectivity index (χ1) is 13.3. The van der Waals surface area contributed by atoms with Gasteiger partial charge in [0.1, 0.15) is 0 Å². The molecule has 0 saturated carbocycles. The predicted octanol–water partition coefficient (Wildman–Crippen LogP) is 3.50. The number of carbonyl (C=O) groups excluding carboxylic acids is 3. The van der Waals surface area contributed by atoms with E-state index in [2.05, 4.69) is 11.4 Å². The molecule has 0 radical (unpaired) electrons. The zero-order chi connectivity index (χ0) is 20.5. The minimum Gasteiger partial charge on any atom is -0.457 e. The fourth-order valence-corrected chi connectivity index (χ4v) is 3.42. The smallest absolute Gasteiger partial charge is 0.316 e. The quantitative estimate of drug-likeness (QED) is 0.397. The summed E-state index contributed by atoms with van der Waals surface area (Å²) < 4.78 is 5.11. The van der Waals surface area contributed by atoms with Gasteiger partial charge in [-0.3, -0.25) is 14.4 Å². The molecule has 0 aromatic heterocycles. The van der Waals surface area contributed by atoms with Crippen LogP contribution < -0.4 is 5.32 Å². The first-order valence-electron chi connectivity index (χ1n) is 9.07. The molecule has 2 aromatic rings. The number of amides is 1. The van der Waals surface area contributed by atoms with Gasteiger partial charge in [-0.15, -0.1) is 11.8 Å². The molecule has 1 amide bonds. The average molecular weight is 400 g/mol. The normalized spacial score (nSPS) is 10.4. The molecular weight excluding hydrogens is 374 g/mol. The molecule has 5 nitrogen and oxygen atoms in total. The van der Waals surface area contributed by atoms with Crippen molar-refractivity contribution >= 4 is 29.4 Å². The number of hydrogen-bond acceptors (Lipinski definition) is 5. The molecule has 0 bridgehead atoms. The fourth-order valence-electron chi connectivity index (χ4n) is 2.61. The monoisotopic (exact) mass is 399 g/mol. The van der Waals surface area contributed by atoms with Crippen molar-refractivity contribution in [1.29, 1.82) is 0 Å². The molecule has 0 spiro atoms. The summed E-state index contributed by atoms with van der Waals surface area (Å²) in [6.07, 6.45) is 0.693. The number of esters is 1. The van der Waals surface area contributed by atoms with Gasteiger partial charge in [0.25, 0.3) is 0 Å². The molecular formula is C22H25NO4S. The molecule has 148 valence electrons. The Bertz CT molecular complexity index is 846. The summed E-state index contributed by atoms with van der Waals surface area (Å²) in [4.78, 5) is 36.0. The predicted molar refractivity (Wildman–Crippen MR) is 111 cm³/mol. The number of nitrogens with one attached hydrogen (secondary N) is 1. The van der Waals surface area contributed by atoms with E-state index in [9.17, 15) is 14.4 Å². The van der Waals surface area contributed by atoms with Gasteiger partial charge in [0, 0.05) is 23.9 Å². The molecule has 0 aliphatic rings. The first kappa shape index (κ1) is 21.7. The van der Waals surface area contributed by atoms with Crippen LogP contribution in [0.15, 0.2) is 47.4 Å². The van der Waals surface area contributed by atoms with E-state index in [1.807, 2.05) is 38.1 Å². The number of aryl methyl sites for hydroxylation is 2. The number of ketones is 1. The highest BCUT2D eigenvalue weighted by molar-refractivity contribution is 8.00. The van der Waals surface area contributed by atoms with Gasteiger partial charge in [0.05, 0.1) is 5.75 Å². The maximum atomic E-state index is 12.2. The van der Waals surface area contributed by atoms with E-state index in [4.69, 9.17) is 4.74 Å². The first-order valence-corrected chi connectivity index (χ1v) is 10.1. The van der Waals surface area contributed by atoms with Gasteiger partial charge in [-0.1, -0.05) is 42.0 Å². The molecule has 0 fully saturated rings. The number of carbonyl (C=O) groups is 3. The lowest BCUT2D eigenvalue weighted by Crippen LogP contribution is -2.22. The lowest BCUT2D eigenvalue weighted by molar-refractivity contribution is -0.139. The van der Waals surface area contributed by atoms with Gasteiger partial charge >= 0.3 is 5.97 Å². The Balaban J connectivity index is 1.76. The third-order valence-electron chi connectivity index (χ3n) is 4.10. The second-order valence-electron chi connectivity index (χ2n) is 6.57. The number of hydrogen-bond donors (Lipinski definition) is 1. The van der Waals surface area contributed by atoms with Gasteiger partial charge in [-0.25, -0.2) is 0 Å². The number of rotatable bonds is 9. The molecule has 28 heavy (non-hydrogen) atoms. The van der Waals surface area contributed by atoms with E-state index in [-0.39, 0.29) is 24.1 Å². The summed E-state index contributed by atoms with van der Waals surface area (Å²) >= 11 is 1.41. The summed E-state index contributed by atoms with van der Waals surface area (Å²) in [5, 5.41) is 2.73. The summed E-state index contributed by atoms with van der Waals surface area (Å²) in [6, 6.07) is 13.2. The van der Waals surface area contributed by atoms with Gasteiger partial charge in [-0.2, -0.15) is 0 Å². The lowest BCUT2D eigenvalue weighted by atomic mass is 10.1. The number of thioether (sulfide) groups is 1. The van der Waals surface area contributed by atoms with Crippen LogP contribution in [-0.2, 0) is 20.7 Å². The molecule has 0 aliphatic heterocycles. The van der Waals surface area contributed by atoms with Crippen molar-refractivity contribution in [1.82, 2.24) is 5.32 Å². The Hall–Kier alpha value is -2.60. The second kappa shape index (κ2) is 10.7. The zero-order valence-electron chi connectivity index (χ0n) is 16.4. The van der Waals surface area contributed by atoms with Crippen LogP contribution in [-0.4, -0.2) is 36.6 Å². The minimum absolute atomic E-state index is 0.0654. The highest BCUT2D eigenvalue weighted by atomic mass is 32.2. The van der Waals surface area contributed by atoms with E-state index in [0.29, 0.717) is 18.5 Å². The van der Waals surface area contributed by atoms with E-state index in [1.54, 1.807) is 12.1 Å². The molecule has 2 rings (SSSR count). The SMILES string of the molecule is CC(=O)NCCc1ccc(C(=O)COC(=O)CSc2ccc(C)cc2C)cc1. The van der Waals surface area contributed by atoms with Crippen LogP contribution in [0, 0.1) is 13.8 Å². The summed E-state index contributed by atoms with van der Waals surface area (Å²) in [5.41, 5.74) is 3.81. The van der Waals surface area contributed by atoms with Crippen molar-refractivity contribution in [3.8, 4) is 0 Å². The van der Waals surface area contributed by atoms with Crippen LogP contribution in [0.2, 0.25) is 0 Å². The van der Waals surface area contributed by atoms with Crippen LogP contribution in [0.3, 0.4) is 0 Å². The van der Waals surface area contributed by atoms with Crippen LogP contribution in [0.4, 0.5) is 0 Å². The Kier molecular flexibility index (Phi) is 8.26. The van der Waals surface area contributed by atoms with E-state index in [0.717, 1.165) is 16.0 Å². The van der Waals surface area contributed by atoms with Crippen molar-refractivity contribution in [2.75, 3.05) is 18.9 Å². The van der Waals surface area contributed by atoms with Crippen molar-refractivity contribution in [3.63, 3.8) is 0 Å². The standard InChI is InChI=1S/C22H25NO4S/c1-15-4-9-21(16(2)12-15)28-14-22(26)27-13-20(25)19-7-5-18(6-8-19)10-11-23-17(3)24/h4-9,12H,10-11,13-14H2,1-3H3,(H,23,24). The van der Waals surface area contributed by atoms with Gasteiger partial charge in [0.2, 0.25) is 5.91 Å². The molecule has 0 heterocycles. The average Bonchev–Trinajstić information content (AvgIpc) is 2.65. The highest BCUT2D eigenvalue weighted by Gasteiger charge is 2.11. The maximum Gasteiger partial charge on any atom is 0.316 e. The van der Waals surface area contributed by atoms with E-state index >= 15 is 0 Å². The maximum absolute atomic E-state index is 12.2. The van der Waals surface area contributed by atoms with E-state index < -0.39 is 5.97 Å². The number of Topliss-reactive ketones (excluding diaryl/α,β-unsaturated/α-hetero) is 1. The molecule has 6 heteroatoms. The topological polar surface area (TPSA) is 72.5 Å². The molecule has 0 atom stereocenters. The van der Waals surface area contributed by atoms with Crippen molar-refractivity contribution in [2.24, 2.45) is 0 Å². The lowest BCUT2D eigenvalue weighted by Gasteiger charge is -2.08. The largest absolute Gasteiger partial charge is 0.457 e. The second-order valence-corrected chi connectivity index (χ2v) is 7.59. The van der Waals surface area contributed by atoms with Gasteiger partial charge in [-0.05, 0) is 37.5 Å². The summed E-state index contributed by atoms with van der Waals surface area (Å²) in [7, 11) is 0. The number of benzene rings is 2. The third kappa shape index (κ3) is 7.19. The Morgan fingerprint density at radius 1 is 1.04 bits per heavy atom. The molecule has 0 saturated heterocycles. The Labute approximate surface area is 169 Å². The number of ether oxygens (including phenoxy) is 1. The molecule has 0 unspecified atom stereocenters. The van der Waals surface area contributed by atoms with Crippen LogP contribution in [0.5, 0.6) is 0 Å². The van der Waals surface area contributed by atoms with E-state index in [1.165, 1.54) is 24.2 Å². The van der Waals surface area contributed by atoms with Gasteiger partial charge in [0.15, 0.2) is 12.4 Å². The fraction of sp³-hybridized carbons (Fsp3) is 0.318. The van der Waals surface area contributed by atoms with Crippen molar-refractivity contribution in [2.45, 2.75) is 32.1 Å². The Morgan fingerprint density at radius 3 is 2.39 bits per heavy atom. The van der Waals surface area contributed by atoms with Crippen LogP contribution in [0.1, 0.15) is 34.0 Å². The van der Waals surface area contributed by atoms with Crippen molar-refractivity contribution in [3.05, 3.63) is 64.7 Å².